The molecule has 0 saturated heterocycles. The number of fused-ring (bicyclic) bond motifs is 1. The summed E-state index contributed by atoms with van der Waals surface area (Å²) in [6.45, 7) is 1.98. The molecule has 2 aromatic carbocycles. The second-order valence-corrected chi connectivity index (χ2v) is 7.52. The summed E-state index contributed by atoms with van der Waals surface area (Å²) >= 11 is 1.92. The molecular weight excluding hydrogens is 321 g/mol. The number of hydrogen-bond donors (Lipinski definition) is 0. The lowest BCUT2D eigenvalue weighted by atomic mass is 9.95. The number of rotatable bonds is 6. The summed E-state index contributed by atoms with van der Waals surface area (Å²) in [7, 11) is 3.87. The highest BCUT2D eigenvalue weighted by atomic mass is 32.2. The van der Waals surface area contributed by atoms with Crippen molar-refractivity contribution in [2.75, 3.05) is 33.0 Å². The maximum Gasteiger partial charge on any atom is 0.123 e. The van der Waals surface area contributed by atoms with Gasteiger partial charge in [0.1, 0.15) is 11.6 Å². The molecule has 0 amide bonds. The number of thioether (sulfide) groups is 1. The van der Waals surface area contributed by atoms with Gasteiger partial charge in [-0.25, -0.2) is 4.39 Å². The Bertz CT molecular complexity index is 691. The van der Waals surface area contributed by atoms with E-state index >= 15 is 0 Å². The van der Waals surface area contributed by atoms with E-state index in [0.29, 0.717) is 5.92 Å². The molecule has 0 N–H and O–H groups in total. The first-order valence-electron chi connectivity index (χ1n) is 8.39. The van der Waals surface area contributed by atoms with Crippen molar-refractivity contribution in [2.24, 2.45) is 0 Å². The van der Waals surface area contributed by atoms with Crippen molar-refractivity contribution in [1.29, 1.82) is 0 Å². The van der Waals surface area contributed by atoms with Gasteiger partial charge >= 0.3 is 0 Å². The molecule has 0 radical (unpaired) electrons. The van der Waals surface area contributed by atoms with E-state index < -0.39 is 0 Å². The zero-order chi connectivity index (χ0) is 16.9. The van der Waals surface area contributed by atoms with Crippen molar-refractivity contribution >= 4 is 11.8 Å². The summed E-state index contributed by atoms with van der Waals surface area (Å²) in [5.74, 6) is 2.50. The Labute approximate surface area is 148 Å². The minimum atomic E-state index is -0.151. The second-order valence-electron chi connectivity index (χ2n) is 6.38. The van der Waals surface area contributed by atoms with Crippen molar-refractivity contribution in [3.05, 3.63) is 59.4 Å². The van der Waals surface area contributed by atoms with Gasteiger partial charge in [-0.1, -0.05) is 18.2 Å². The molecule has 0 bridgehead atoms. The van der Waals surface area contributed by atoms with Crippen LogP contribution in [0.1, 0.15) is 23.5 Å². The average molecular weight is 345 g/mol. The third-order valence-electron chi connectivity index (χ3n) is 4.59. The molecule has 1 unspecified atom stereocenters. The summed E-state index contributed by atoms with van der Waals surface area (Å²) in [6.07, 6.45) is 2.08. The van der Waals surface area contributed by atoms with Gasteiger partial charge in [0.15, 0.2) is 0 Å². The highest BCUT2D eigenvalue weighted by molar-refractivity contribution is 7.99. The number of methoxy groups -OCH3 is 1. The molecule has 1 heterocycles. The van der Waals surface area contributed by atoms with Gasteiger partial charge in [0.2, 0.25) is 0 Å². The molecular formula is C20H24FNOS. The van der Waals surface area contributed by atoms with E-state index in [0.717, 1.165) is 36.6 Å². The summed E-state index contributed by atoms with van der Waals surface area (Å²) in [5, 5.41) is 0. The molecule has 2 nitrogen and oxygen atoms in total. The van der Waals surface area contributed by atoms with Crippen molar-refractivity contribution in [1.82, 2.24) is 4.90 Å². The largest absolute Gasteiger partial charge is 0.497 e. The van der Waals surface area contributed by atoms with E-state index in [9.17, 15) is 4.39 Å². The van der Waals surface area contributed by atoms with Gasteiger partial charge in [0, 0.05) is 18.0 Å². The highest BCUT2D eigenvalue weighted by Gasteiger charge is 2.22. The van der Waals surface area contributed by atoms with Crippen LogP contribution in [0.3, 0.4) is 0 Å². The fourth-order valence-electron chi connectivity index (χ4n) is 3.24. The quantitative estimate of drug-likeness (QED) is 0.760. The van der Waals surface area contributed by atoms with E-state index in [1.54, 1.807) is 19.2 Å². The maximum absolute atomic E-state index is 13.3. The Balaban J connectivity index is 1.60. The van der Waals surface area contributed by atoms with Gasteiger partial charge in [0.25, 0.3) is 0 Å². The second kappa shape index (κ2) is 8.04. The summed E-state index contributed by atoms with van der Waals surface area (Å²) in [5.41, 5.74) is 2.50. The van der Waals surface area contributed by atoms with Crippen molar-refractivity contribution in [2.45, 2.75) is 23.7 Å². The monoisotopic (exact) mass is 345 g/mol. The lowest BCUT2D eigenvalue weighted by Crippen LogP contribution is -2.28. The van der Waals surface area contributed by atoms with Crippen LogP contribution in [-0.2, 0) is 6.42 Å². The smallest absolute Gasteiger partial charge is 0.123 e. The Morgan fingerprint density at radius 3 is 2.92 bits per heavy atom. The molecule has 0 spiro atoms. The Hall–Kier alpha value is -1.52. The molecule has 24 heavy (non-hydrogen) atoms. The topological polar surface area (TPSA) is 12.5 Å². The van der Waals surface area contributed by atoms with E-state index in [1.807, 2.05) is 17.8 Å². The zero-order valence-corrected chi connectivity index (χ0v) is 15.1. The minimum absolute atomic E-state index is 0.151. The number of ether oxygens (including phenoxy) is 1. The van der Waals surface area contributed by atoms with Gasteiger partial charge in [-0.3, -0.25) is 0 Å². The minimum Gasteiger partial charge on any atom is -0.497 e. The first-order chi connectivity index (χ1) is 11.7. The zero-order valence-electron chi connectivity index (χ0n) is 14.3. The van der Waals surface area contributed by atoms with Crippen LogP contribution < -0.4 is 4.74 Å². The summed E-state index contributed by atoms with van der Waals surface area (Å²) in [6, 6.07) is 13.3. The third-order valence-corrected chi connectivity index (χ3v) is 5.69. The van der Waals surface area contributed by atoms with Crippen LogP contribution in [0, 0.1) is 5.82 Å². The van der Waals surface area contributed by atoms with E-state index in [-0.39, 0.29) is 5.82 Å². The van der Waals surface area contributed by atoms with Crippen molar-refractivity contribution in [3.8, 4) is 5.75 Å². The van der Waals surface area contributed by atoms with Crippen molar-refractivity contribution in [3.63, 3.8) is 0 Å². The van der Waals surface area contributed by atoms with E-state index in [2.05, 4.69) is 30.1 Å². The van der Waals surface area contributed by atoms with Gasteiger partial charge in [-0.2, -0.15) is 0 Å². The Morgan fingerprint density at radius 1 is 1.25 bits per heavy atom. The highest BCUT2D eigenvalue weighted by Crippen LogP contribution is 2.39. The first kappa shape index (κ1) is 17.3. The first-order valence-corrected chi connectivity index (χ1v) is 9.38. The molecule has 3 rings (SSSR count). The number of nitrogens with zero attached hydrogens (tertiary/aromatic N) is 1. The third kappa shape index (κ3) is 4.31. The van der Waals surface area contributed by atoms with Gasteiger partial charge in [-0.15, -0.1) is 11.8 Å². The number of hydrogen-bond acceptors (Lipinski definition) is 3. The van der Waals surface area contributed by atoms with Crippen molar-refractivity contribution < 1.29 is 9.13 Å². The number of benzene rings is 2. The molecule has 1 aliphatic rings. The van der Waals surface area contributed by atoms with E-state index in [4.69, 9.17) is 4.74 Å². The SMILES string of the molecule is COc1ccc2c(c1)SCCC2CN(C)CCc1cccc(F)c1. The lowest BCUT2D eigenvalue weighted by molar-refractivity contribution is 0.309. The molecule has 0 aromatic heterocycles. The van der Waals surface area contributed by atoms with Crippen LogP contribution in [0.15, 0.2) is 47.4 Å². The van der Waals surface area contributed by atoms with Crippen LogP contribution >= 0.6 is 11.8 Å². The molecule has 0 fully saturated rings. The fourth-order valence-corrected chi connectivity index (χ4v) is 4.46. The maximum atomic E-state index is 13.3. The predicted molar refractivity (Wildman–Crippen MR) is 98.7 cm³/mol. The van der Waals surface area contributed by atoms with Crippen LogP contribution in [0.25, 0.3) is 0 Å². The summed E-state index contributed by atoms with van der Waals surface area (Å²) in [4.78, 5) is 3.71. The molecule has 0 aliphatic carbocycles. The lowest BCUT2D eigenvalue weighted by Gasteiger charge is -2.29. The molecule has 1 aliphatic heterocycles. The molecule has 128 valence electrons. The molecule has 1 atom stereocenters. The normalized spacial score (nSPS) is 16.9. The number of halogens is 1. The Kier molecular flexibility index (Phi) is 5.80. The standard InChI is InChI=1S/C20H24FNOS/c1-22(10-8-15-4-3-5-17(21)12-15)14-16-9-11-24-20-13-18(23-2)6-7-19(16)20/h3-7,12-13,16H,8-11,14H2,1-2H3. The fraction of sp³-hybridized carbons (Fsp3) is 0.400. The van der Waals surface area contributed by atoms with E-state index in [1.165, 1.54) is 22.9 Å². The van der Waals surface area contributed by atoms with Crippen LogP contribution in [0.5, 0.6) is 5.75 Å². The van der Waals surface area contributed by atoms with Crippen LogP contribution in [0.4, 0.5) is 4.39 Å². The van der Waals surface area contributed by atoms with Gasteiger partial charge in [0.05, 0.1) is 7.11 Å². The Morgan fingerprint density at radius 2 is 2.12 bits per heavy atom. The molecule has 2 aromatic rings. The van der Waals surface area contributed by atoms with Crippen LogP contribution in [0.2, 0.25) is 0 Å². The number of likely N-dealkylation sites (N-methyl/N-ethyl adjacent to an activating group) is 1. The van der Waals surface area contributed by atoms with Crippen LogP contribution in [-0.4, -0.2) is 37.9 Å². The predicted octanol–water partition coefficient (Wildman–Crippen LogP) is 4.59. The molecule has 0 saturated carbocycles. The van der Waals surface area contributed by atoms with Gasteiger partial charge < -0.3 is 9.64 Å². The molecule has 4 heteroatoms. The van der Waals surface area contributed by atoms with Gasteiger partial charge in [-0.05, 0) is 67.0 Å². The average Bonchev–Trinajstić information content (AvgIpc) is 2.60. The summed E-state index contributed by atoms with van der Waals surface area (Å²) < 4.78 is 18.6.